The molecule has 0 bridgehead atoms. The van der Waals surface area contributed by atoms with E-state index in [1.54, 1.807) is 0 Å². The Kier molecular flexibility index (Phi) is 2.61. The molecule has 0 amide bonds. The van der Waals surface area contributed by atoms with Crippen LogP contribution in [-0.2, 0) is 20.7 Å². The number of hydrogen-bond donors (Lipinski definition) is 1. The zero-order valence-electron chi connectivity index (χ0n) is 9.28. The Labute approximate surface area is 99.2 Å². The minimum absolute atomic E-state index is 0.257. The summed E-state index contributed by atoms with van der Waals surface area (Å²) in [5, 5.41) is 10.0. The number of benzene rings is 1. The molecule has 0 unspecified atom stereocenters. The van der Waals surface area contributed by atoms with Gasteiger partial charge in [0.15, 0.2) is 6.10 Å². The maximum absolute atomic E-state index is 11.1. The van der Waals surface area contributed by atoms with E-state index in [2.05, 4.69) is 0 Å². The molecule has 2 aliphatic rings. The van der Waals surface area contributed by atoms with E-state index in [9.17, 15) is 9.90 Å². The molecule has 1 aromatic rings. The molecule has 17 heavy (non-hydrogen) atoms. The van der Waals surface area contributed by atoms with E-state index in [0.29, 0.717) is 6.42 Å². The summed E-state index contributed by atoms with van der Waals surface area (Å²) >= 11 is 0. The monoisotopic (exact) mass is 234 g/mol. The van der Waals surface area contributed by atoms with Gasteiger partial charge in [-0.25, -0.2) is 0 Å². The third kappa shape index (κ3) is 1.94. The summed E-state index contributed by atoms with van der Waals surface area (Å²) in [5.41, 5.74) is 1.11. The molecule has 0 saturated carbocycles. The fraction of sp³-hybridized carbons (Fsp3) is 0.462. The van der Waals surface area contributed by atoms with Crippen molar-refractivity contribution in [3.63, 3.8) is 0 Å². The standard InChI is InChI=1S/C13H14O4/c14-11-7-10-13(17-11)12(15)9(16-10)6-8-4-2-1-3-5-8/h1-5,9-10,12-13,15H,6-7H2/t9-,10-,12+,13+/m0/s1. The van der Waals surface area contributed by atoms with E-state index in [-0.39, 0.29) is 24.6 Å². The van der Waals surface area contributed by atoms with Gasteiger partial charge in [0.05, 0.1) is 12.5 Å². The number of carbonyl (C=O) groups is 1. The van der Waals surface area contributed by atoms with Gasteiger partial charge in [-0.05, 0) is 5.56 Å². The first-order valence-corrected chi connectivity index (χ1v) is 5.81. The number of aliphatic hydroxyl groups excluding tert-OH is 1. The average Bonchev–Trinajstić information content (AvgIpc) is 2.81. The third-order valence-electron chi connectivity index (χ3n) is 3.35. The summed E-state index contributed by atoms with van der Waals surface area (Å²) < 4.78 is 10.7. The van der Waals surface area contributed by atoms with E-state index in [1.807, 2.05) is 30.3 Å². The van der Waals surface area contributed by atoms with Gasteiger partial charge in [0.25, 0.3) is 0 Å². The van der Waals surface area contributed by atoms with Crippen LogP contribution in [0, 0.1) is 0 Å². The molecule has 2 fully saturated rings. The molecule has 2 heterocycles. The van der Waals surface area contributed by atoms with Crippen molar-refractivity contribution in [3.05, 3.63) is 35.9 Å². The van der Waals surface area contributed by atoms with Crippen LogP contribution in [0.3, 0.4) is 0 Å². The van der Waals surface area contributed by atoms with Gasteiger partial charge < -0.3 is 14.6 Å². The number of rotatable bonds is 2. The molecule has 90 valence electrons. The van der Waals surface area contributed by atoms with Crippen molar-refractivity contribution < 1.29 is 19.4 Å². The van der Waals surface area contributed by atoms with Crippen molar-refractivity contribution in [2.75, 3.05) is 0 Å². The van der Waals surface area contributed by atoms with E-state index < -0.39 is 12.2 Å². The van der Waals surface area contributed by atoms with Crippen LogP contribution in [-0.4, -0.2) is 35.5 Å². The second-order valence-electron chi connectivity index (χ2n) is 4.55. The molecule has 0 spiro atoms. The van der Waals surface area contributed by atoms with Gasteiger partial charge in [-0.2, -0.15) is 0 Å². The van der Waals surface area contributed by atoms with Crippen molar-refractivity contribution in [1.29, 1.82) is 0 Å². The van der Waals surface area contributed by atoms with Gasteiger partial charge in [-0.1, -0.05) is 30.3 Å². The summed E-state index contributed by atoms with van der Waals surface area (Å²) in [6.45, 7) is 0. The topological polar surface area (TPSA) is 55.8 Å². The second kappa shape index (κ2) is 4.13. The number of aliphatic hydroxyl groups is 1. The molecule has 4 heteroatoms. The lowest BCUT2D eigenvalue weighted by Gasteiger charge is -2.16. The van der Waals surface area contributed by atoms with Crippen LogP contribution in [0.25, 0.3) is 0 Å². The smallest absolute Gasteiger partial charge is 0.309 e. The molecule has 0 aromatic heterocycles. The number of esters is 1. The van der Waals surface area contributed by atoms with Crippen molar-refractivity contribution in [2.24, 2.45) is 0 Å². The lowest BCUT2D eigenvalue weighted by Crippen LogP contribution is -2.33. The van der Waals surface area contributed by atoms with Crippen LogP contribution in [0.5, 0.6) is 0 Å². The van der Waals surface area contributed by atoms with Gasteiger partial charge in [0.2, 0.25) is 0 Å². The Balaban J connectivity index is 1.69. The zero-order chi connectivity index (χ0) is 11.8. The first kappa shape index (κ1) is 10.7. The number of ether oxygens (including phenoxy) is 2. The minimum atomic E-state index is -0.716. The zero-order valence-corrected chi connectivity index (χ0v) is 9.28. The van der Waals surface area contributed by atoms with Crippen LogP contribution in [0.4, 0.5) is 0 Å². The molecule has 4 nitrogen and oxygen atoms in total. The average molecular weight is 234 g/mol. The molecular formula is C13H14O4. The maximum atomic E-state index is 11.1. The minimum Gasteiger partial charge on any atom is -0.457 e. The summed E-state index contributed by atoms with van der Waals surface area (Å²) in [7, 11) is 0. The molecule has 3 rings (SSSR count). The quantitative estimate of drug-likeness (QED) is 0.764. The number of fused-ring (bicyclic) bond motifs is 1. The summed E-state index contributed by atoms with van der Waals surface area (Å²) in [4.78, 5) is 11.1. The molecule has 0 radical (unpaired) electrons. The van der Waals surface area contributed by atoms with Crippen molar-refractivity contribution >= 4 is 5.97 Å². The predicted octanol–water partition coefficient (Wildman–Crippen LogP) is 0.673. The van der Waals surface area contributed by atoms with Gasteiger partial charge >= 0.3 is 5.97 Å². The lowest BCUT2D eigenvalue weighted by molar-refractivity contribution is -0.145. The third-order valence-corrected chi connectivity index (χ3v) is 3.35. The Morgan fingerprint density at radius 2 is 2.06 bits per heavy atom. The molecule has 2 saturated heterocycles. The summed E-state index contributed by atoms with van der Waals surface area (Å²) in [6.07, 6.45) is -0.839. The highest BCUT2D eigenvalue weighted by Gasteiger charge is 2.50. The first-order valence-electron chi connectivity index (χ1n) is 5.81. The SMILES string of the molecule is O=C1C[C@@H]2O[C@@H](Cc3ccccc3)[C@@H](O)[C@@H]2O1. The van der Waals surface area contributed by atoms with Crippen LogP contribution in [0.15, 0.2) is 30.3 Å². The largest absolute Gasteiger partial charge is 0.457 e. The van der Waals surface area contributed by atoms with Crippen molar-refractivity contribution in [3.8, 4) is 0 Å². The molecular weight excluding hydrogens is 220 g/mol. The van der Waals surface area contributed by atoms with Gasteiger partial charge in [0.1, 0.15) is 12.2 Å². The van der Waals surface area contributed by atoms with E-state index in [1.165, 1.54) is 0 Å². The Morgan fingerprint density at radius 3 is 2.76 bits per heavy atom. The Morgan fingerprint density at radius 1 is 1.29 bits per heavy atom. The van der Waals surface area contributed by atoms with Crippen molar-refractivity contribution in [2.45, 2.75) is 37.3 Å². The van der Waals surface area contributed by atoms with Gasteiger partial charge in [-0.15, -0.1) is 0 Å². The van der Waals surface area contributed by atoms with Gasteiger partial charge in [0, 0.05) is 6.42 Å². The number of carbonyl (C=O) groups excluding carboxylic acids is 1. The first-order chi connectivity index (χ1) is 8.24. The highest BCUT2D eigenvalue weighted by atomic mass is 16.6. The van der Waals surface area contributed by atoms with Crippen molar-refractivity contribution in [1.82, 2.24) is 0 Å². The molecule has 4 atom stereocenters. The van der Waals surface area contributed by atoms with Crippen LogP contribution >= 0.6 is 0 Å². The molecule has 2 aliphatic heterocycles. The Hall–Kier alpha value is -1.39. The van der Waals surface area contributed by atoms with Crippen LogP contribution < -0.4 is 0 Å². The number of hydrogen-bond acceptors (Lipinski definition) is 4. The molecule has 0 aliphatic carbocycles. The van der Waals surface area contributed by atoms with Crippen LogP contribution in [0.1, 0.15) is 12.0 Å². The van der Waals surface area contributed by atoms with E-state index in [4.69, 9.17) is 9.47 Å². The normalized spacial score (nSPS) is 35.7. The Bertz CT molecular complexity index is 417. The summed E-state index contributed by atoms with van der Waals surface area (Å²) in [5.74, 6) is -0.280. The molecule has 1 N–H and O–H groups in total. The predicted molar refractivity (Wildman–Crippen MR) is 59.3 cm³/mol. The lowest BCUT2D eigenvalue weighted by atomic mass is 10.0. The second-order valence-corrected chi connectivity index (χ2v) is 4.55. The van der Waals surface area contributed by atoms with Gasteiger partial charge in [-0.3, -0.25) is 4.79 Å². The maximum Gasteiger partial charge on any atom is 0.309 e. The van der Waals surface area contributed by atoms with Crippen LogP contribution in [0.2, 0.25) is 0 Å². The fourth-order valence-corrected chi connectivity index (χ4v) is 2.50. The highest BCUT2D eigenvalue weighted by molar-refractivity contribution is 5.73. The highest BCUT2D eigenvalue weighted by Crippen LogP contribution is 2.32. The molecule has 1 aromatic carbocycles. The van der Waals surface area contributed by atoms with E-state index >= 15 is 0 Å². The fourth-order valence-electron chi connectivity index (χ4n) is 2.50. The summed E-state index contributed by atoms with van der Waals surface area (Å²) in [6, 6.07) is 9.85. The van der Waals surface area contributed by atoms with E-state index in [0.717, 1.165) is 5.56 Å².